The van der Waals surface area contributed by atoms with Crippen molar-refractivity contribution in [2.75, 3.05) is 6.54 Å². The van der Waals surface area contributed by atoms with Gasteiger partial charge in [-0.2, -0.15) is 13.2 Å². The minimum absolute atomic E-state index is 0.0290. The number of alkyl halides is 3. The van der Waals surface area contributed by atoms with Crippen molar-refractivity contribution >= 4 is 23.4 Å². The van der Waals surface area contributed by atoms with Gasteiger partial charge in [0.2, 0.25) is 0 Å². The van der Waals surface area contributed by atoms with E-state index in [2.05, 4.69) is 68.5 Å². The van der Waals surface area contributed by atoms with Crippen molar-refractivity contribution in [1.29, 1.82) is 0 Å². The fourth-order valence-corrected chi connectivity index (χ4v) is 6.87. The number of rotatable bonds is 8. The molecule has 13 heteroatoms. The second-order valence-corrected chi connectivity index (χ2v) is 15.3. The van der Waals surface area contributed by atoms with Crippen molar-refractivity contribution in [3.05, 3.63) is 70.5 Å². The molecule has 1 fully saturated rings. The van der Waals surface area contributed by atoms with Crippen LogP contribution in [-0.4, -0.2) is 40.5 Å². The zero-order chi connectivity index (χ0) is 35.1. The van der Waals surface area contributed by atoms with Crippen LogP contribution < -0.4 is 21.8 Å². The molecule has 0 bridgehead atoms. The van der Waals surface area contributed by atoms with Gasteiger partial charge in [0.1, 0.15) is 17.2 Å². The minimum Gasteiger partial charge on any atom is -0.345 e. The number of carbonyl (C=O) groups is 2. The Labute approximate surface area is 279 Å². The molecule has 1 atom stereocenters. The first kappa shape index (κ1) is 35.3. The largest absolute Gasteiger partial charge is 0.416 e. The highest BCUT2D eigenvalue weighted by Gasteiger charge is 2.53. The molecule has 2 aliphatic heterocycles. The normalized spacial score (nSPS) is 22.2. The summed E-state index contributed by atoms with van der Waals surface area (Å²) in [5, 5.41) is 6.74. The number of aliphatic imine (C=N–C) groups is 1. The Kier molecular flexibility index (Phi) is 9.66. The van der Waals surface area contributed by atoms with Crippen LogP contribution in [0.3, 0.4) is 0 Å². The first-order valence-electron chi connectivity index (χ1n) is 16.4. The number of nitrogens with one attached hydrogen (secondary N) is 4. The number of hydrazone groups is 1. The number of hydrogen-bond acceptors (Lipinski definition) is 7. The number of carbonyl (C=O) groups excluding carboxylic acids is 2. The van der Waals surface area contributed by atoms with Gasteiger partial charge in [-0.3, -0.25) is 20.0 Å². The van der Waals surface area contributed by atoms with E-state index in [9.17, 15) is 27.2 Å². The van der Waals surface area contributed by atoms with E-state index in [1.807, 2.05) is 12.1 Å². The molecule has 4 N–H and O–H groups in total. The molecule has 0 saturated heterocycles. The predicted octanol–water partition coefficient (Wildman–Crippen LogP) is 6.63. The van der Waals surface area contributed by atoms with Crippen LogP contribution in [0.2, 0.25) is 0 Å². The highest BCUT2D eigenvalue weighted by Crippen LogP contribution is 2.50. The lowest BCUT2D eigenvalue weighted by Crippen LogP contribution is -2.51. The molecule has 2 heterocycles. The fourth-order valence-electron chi connectivity index (χ4n) is 6.87. The third-order valence-corrected chi connectivity index (χ3v) is 9.61. The van der Waals surface area contributed by atoms with Gasteiger partial charge in [-0.05, 0) is 91.2 Å². The molecule has 260 valence electrons. The van der Waals surface area contributed by atoms with Crippen LogP contribution in [0.25, 0.3) is 0 Å². The van der Waals surface area contributed by atoms with E-state index in [0.717, 1.165) is 37.0 Å². The van der Waals surface area contributed by atoms with Crippen LogP contribution in [0.5, 0.6) is 0 Å². The average molecular weight is 672 g/mol. The number of hydrazine groups is 2. The zero-order valence-electron chi connectivity index (χ0n) is 28.3. The maximum atomic E-state index is 14.6. The standard InChI is InChI=1S/C35H45F4N7O2/c1-32(2,3)14-13-27(21-7-9-22(10-8-21)30(47)40-20-28-42-44-45-43-28)46-31(48)29(23-17-25(35(37,38)39)19-26(36)18-23)41-34(46)15-11-24(12-16-34)33(4,5)6/h7-10,17-19,24,27,44-45H,11-16,20H2,1-6H3,(H,40,47)(H,42,43). The van der Waals surface area contributed by atoms with Crippen LogP contribution in [0.1, 0.15) is 113 Å². The third-order valence-electron chi connectivity index (χ3n) is 9.61. The van der Waals surface area contributed by atoms with Crippen molar-refractivity contribution in [2.45, 2.75) is 97.9 Å². The molecule has 5 rings (SSSR count). The van der Waals surface area contributed by atoms with Gasteiger partial charge in [-0.25, -0.2) is 9.93 Å². The smallest absolute Gasteiger partial charge is 0.345 e. The van der Waals surface area contributed by atoms with Gasteiger partial charge in [0.25, 0.3) is 11.8 Å². The van der Waals surface area contributed by atoms with E-state index in [4.69, 9.17) is 4.99 Å². The lowest BCUT2D eigenvalue weighted by molar-refractivity contribution is -0.138. The number of amides is 2. The van der Waals surface area contributed by atoms with Crippen LogP contribution in [0, 0.1) is 22.6 Å². The summed E-state index contributed by atoms with van der Waals surface area (Å²) >= 11 is 0. The second kappa shape index (κ2) is 13.1. The number of amidine groups is 1. The molecule has 1 aliphatic carbocycles. The summed E-state index contributed by atoms with van der Waals surface area (Å²) in [6, 6.07) is 8.74. The highest BCUT2D eigenvalue weighted by molar-refractivity contribution is 6.46. The van der Waals surface area contributed by atoms with Gasteiger partial charge in [-0.15, -0.1) is 10.6 Å². The molecule has 1 saturated carbocycles. The van der Waals surface area contributed by atoms with Crippen molar-refractivity contribution in [3.8, 4) is 0 Å². The Hall–Kier alpha value is -4.00. The lowest BCUT2D eigenvalue weighted by atomic mass is 9.69. The summed E-state index contributed by atoms with van der Waals surface area (Å²) in [7, 11) is 0. The quantitative estimate of drug-likeness (QED) is 0.236. The Bertz CT molecular complexity index is 1580. The van der Waals surface area contributed by atoms with Crippen molar-refractivity contribution in [1.82, 2.24) is 26.7 Å². The molecular formula is C35H45F4N7O2. The van der Waals surface area contributed by atoms with Gasteiger partial charge in [-0.1, -0.05) is 53.7 Å². The van der Waals surface area contributed by atoms with E-state index < -0.39 is 35.2 Å². The van der Waals surface area contributed by atoms with E-state index in [1.165, 1.54) is 0 Å². The number of nitrogens with zero attached hydrogens (tertiary/aromatic N) is 3. The van der Waals surface area contributed by atoms with E-state index in [0.29, 0.717) is 42.6 Å². The fraction of sp³-hybridized carbons (Fsp3) is 0.543. The number of benzene rings is 2. The molecule has 2 aromatic rings. The SMILES string of the molecule is CC(C)(C)CCC(c1ccc(C(=O)NCC2=NNNN2)cc1)N1C(=O)C(c2cc(F)cc(C(F)(F)F)c2)=NC12CCC(C(C)(C)C)CC2. The first-order chi connectivity index (χ1) is 22.4. The topological polar surface area (TPSA) is 110 Å². The van der Waals surface area contributed by atoms with Crippen molar-refractivity contribution in [3.63, 3.8) is 0 Å². The van der Waals surface area contributed by atoms with Crippen molar-refractivity contribution in [2.24, 2.45) is 26.8 Å². The summed E-state index contributed by atoms with van der Waals surface area (Å²) in [5.41, 5.74) is 6.53. The van der Waals surface area contributed by atoms with E-state index in [1.54, 1.807) is 17.0 Å². The zero-order valence-corrected chi connectivity index (χ0v) is 28.3. The summed E-state index contributed by atoms with van der Waals surface area (Å²) in [5.74, 6) is -1.03. The van der Waals surface area contributed by atoms with E-state index in [-0.39, 0.29) is 34.6 Å². The Morgan fingerprint density at radius 2 is 1.71 bits per heavy atom. The summed E-state index contributed by atoms with van der Waals surface area (Å²) in [4.78, 5) is 34.2. The van der Waals surface area contributed by atoms with E-state index >= 15 is 0 Å². The van der Waals surface area contributed by atoms with Crippen LogP contribution in [0.4, 0.5) is 17.6 Å². The predicted molar refractivity (Wildman–Crippen MR) is 176 cm³/mol. The molecular weight excluding hydrogens is 626 g/mol. The Balaban J connectivity index is 1.53. The summed E-state index contributed by atoms with van der Waals surface area (Å²) < 4.78 is 55.9. The molecule has 1 spiro atoms. The Morgan fingerprint density at radius 3 is 2.27 bits per heavy atom. The monoisotopic (exact) mass is 671 g/mol. The molecule has 9 nitrogen and oxygen atoms in total. The molecule has 0 radical (unpaired) electrons. The maximum Gasteiger partial charge on any atom is 0.416 e. The van der Waals surface area contributed by atoms with Gasteiger partial charge < -0.3 is 10.2 Å². The average Bonchev–Trinajstić information content (AvgIpc) is 3.62. The number of hydrogen-bond donors (Lipinski definition) is 4. The molecule has 2 aromatic carbocycles. The van der Waals surface area contributed by atoms with Crippen molar-refractivity contribution < 1.29 is 27.2 Å². The second-order valence-electron chi connectivity index (χ2n) is 15.3. The van der Waals surface area contributed by atoms with Crippen LogP contribution in [0.15, 0.2) is 52.6 Å². The number of halogens is 4. The summed E-state index contributed by atoms with van der Waals surface area (Å²) in [6.45, 7) is 13.0. The highest BCUT2D eigenvalue weighted by atomic mass is 19.4. The maximum absolute atomic E-state index is 14.6. The molecule has 1 unspecified atom stereocenters. The van der Waals surface area contributed by atoms with Gasteiger partial charge in [0.05, 0.1) is 18.2 Å². The molecule has 48 heavy (non-hydrogen) atoms. The molecule has 3 aliphatic rings. The van der Waals surface area contributed by atoms with Gasteiger partial charge in [0, 0.05) is 11.1 Å². The van der Waals surface area contributed by atoms with Gasteiger partial charge in [0.15, 0.2) is 5.84 Å². The lowest BCUT2D eigenvalue weighted by Gasteiger charge is -2.47. The molecule has 2 amide bonds. The summed E-state index contributed by atoms with van der Waals surface area (Å²) in [6.07, 6.45) is -0.904. The van der Waals surface area contributed by atoms with Gasteiger partial charge >= 0.3 is 6.18 Å². The Morgan fingerprint density at radius 1 is 1.04 bits per heavy atom. The first-order valence-corrected chi connectivity index (χ1v) is 16.4. The minimum atomic E-state index is -4.79. The van der Waals surface area contributed by atoms with Crippen LogP contribution in [-0.2, 0) is 11.0 Å². The molecule has 0 aromatic heterocycles. The van der Waals surface area contributed by atoms with Crippen LogP contribution >= 0.6 is 0 Å². The third kappa shape index (κ3) is 7.82.